The fourth-order valence-corrected chi connectivity index (χ4v) is 2.86. The second-order valence-electron chi connectivity index (χ2n) is 6.20. The largest absolute Gasteiger partial charge is 0.449 e. The Morgan fingerprint density at radius 3 is 2.55 bits per heavy atom. The number of hydrogen-bond acceptors (Lipinski definition) is 3. The van der Waals surface area contributed by atoms with Crippen LogP contribution in [0, 0.1) is 0 Å². The number of hydrogen-bond donors (Lipinski definition) is 1. The number of likely N-dealkylation sites (tertiary alicyclic amines) is 1. The van der Waals surface area contributed by atoms with Crippen molar-refractivity contribution >= 4 is 6.09 Å². The maximum Gasteiger partial charge on any atom is 0.409 e. The summed E-state index contributed by atoms with van der Waals surface area (Å²) in [6.45, 7) is 3.75. The SMILES string of the molecule is CCCCCOC(=O)N1CCC(O)(Cc2ccccc2)CC1. The van der Waals surface area contributed by atoms with Crippen LogP contribution in [0.2, 0.25) is 0 Å². The molecule has 0 aromatic heterocycles. The zero-order chi connectivity index (χ0) is 15.8. The third-order valence-electron chi connectivity index (χ3n) is 4.30. The molecule has 0 unspecified atom stereocenters. The van der Waals surface area contributed by atoms with E-state index in [1.54, 1.807) is 4.90 Å². The standard InChI is InChI=1S/C18H27NO3/c1-2-3-7-14-22-17(20)19-12-10-18(21,11-13-19)15-16-8-5-4-6-9-16/h4-6,8-9,21H,2-3,7,10-15H2,1H3. The van der Waals surface area contributed by atoms with E-state index < -0.39 is 5.60 Å². The van der Waals surface area contributed by atoms with E-state index in [0.717, 1.165) is 24.8 Å². The minimum atomic E-state index is -0.708. The Kier molecular flexibility index (Phi) is 6.25. The van der Waals surface area contributed by atoms with Crippen LogP contribution in [-0.4, -0.2) is 41.4 Å². The molecule has 0 radical (unpaired) electrons. The number of unbranched alkanes of at least 4 members (excludes halogenated alkanes) is 2. The zero-order valence-electron chi connectivity index (χ0n) is 13.5. The summed E-state index contributed by atoms with van der Waals surface area (Å²) in [7, 11) is 0. The van der Waals surface area contributed by atoms with Gasteiger partial charge in [0, 0.05) is 19.5 Å². The highest BCUT2D eigenvalue weighted by Gasteiger charge is 2.34. The Hall–Kier alpha value is -1.55. The third kappa shape index (κ3) is 5.02. The molecule has 1 fully saturated rings. The van der Waals surface area contributed by atoms with Crippen molar-refractivity contribution in [2.45, 2.75) is 51.0 Å². The molecule has 1 heterocycles. The van der Waals surface area contributed by atoms with Crippen LogP contribution in [0.1, 0.15) is 44.6 Å². The molecular weight excluding hydrogens is 278 g/mol. The number of amides is 1. The first-order valence-corrected chi connectivity index (χ1v) is 8.31. The van der Waals surface area contributed by atoms with Crippen LogP contribution in [0.25, 0.3) is 0 Å². The van der Waals surface area contributed by atoms with Gasteiger partial charge in [-0.3, -0.25) is 0 Å². The number of nitrogens with zero attached hydrogens (tertiary/aromatic N) is 1. The molecule has 4 heteroatoms. The molecule has 2 rings (SSSR count). The number of carbonyl (C=O) groups is 1. The zero-order valence-corrected chi connectivity index (χ0v) is 13.5. The van der Waals surface area contributed by atoms with Crippen molar-refractivity contribution in [2.24, 2.45) is 0 Å². The lowest BCUT2D eigenvalue weighted by Gasteiger charge is -2.37. The second kappa shape index (κ2) is 8.18. The monoisotopic (exact) mass is 305 g/mol. The summed E-state index contributed by atoms with van der Waals surface area (Å²) in [6.07, 6.45) is 4.75. The van der Waals surface area contributed by atoms with E-state index in [4.69, 9.17) is 4.74 Å². The molecule has 1 N–H and O–H groups in total. The highest BCUT2D eigenvalue weighted by atomic mass is 16.6. The van der Waals surface area contributed by atoms with Gasteiger partial charge in [0.15, 0.2) is 0 Å². The van der Waals surface area contributed by atoms with Crippen LogP contribution in [0.4, 0.5) is 4.79 Å². The summed E-state index contributed by atoms with van der Waals surface area (Å²) in [5.74, 6) is 0. The lowest BCUT2D eigenvalue weighted by Crippen LogP contribution is -2.47. The van der Waals surface area contributed by atoms with Gasteiger partial charge in [0.25, 0.3) is 0 Å². The van der Waals surface area contributed by atoms with Gasteiger partial charge in [-0.05, 0) is 24.8 Å². The molecule has 1 aromatic rings. The summed E-state index contributed by atoms with van der Waals surface area (Å²) < 4.78 is 5.28. The quantitative estimate of drug-likeness (QED) is 0.820. The average Bonchev–Trinajstić information content (AvgIpc) is 2.53. The fourth-order valence-electron chi connectivity index (χ4n) is 2.86. The number of aliphatic hydroxyl groups is 1. The smallest absolute Gasteiger partial charge is 0.409 e. The van der Waals surface area contributed by atoms with Crippen molar-refractivity contribution in [3.8, 4) is 0 Å². The number of carbonyl (C=O) groups excluding carboxylic acids is 1. The predicted octanol–water partition coefficient (Wildman–Crippen LogP) is 3.38. The summed E-state index contributed by atoms with van der Waals surface area (Å²) >= 11 is 0. The molecular formula is C18H27NO3. The Labute approximate surface area is 133 Å². The summed E-state index contributed by atoms with van der Waals surface area (Å²) in [6, 6.07) is 10.0. The van der Waals surface area contributed by atoms with Crippen molar-refractivity contribution in [3.63, 3.8) is 0 Å². The van der Waals surface area contributed by atoms with Gasteiger partial charge in [0.2, 0.25) is 0 Å². The molecule has 1 saturated heterocycles. The predicted molar refractivity (Wildman–Crippen MR) is 86.8 cm³/mol. The van der Waals surface area contributed by atoms with E-state index in [-0.39, 0.29) is 6.09 Å². The van der Waals surface area contributed by atoms with E-state index in [1.165, 1.54) is 0 Å². The summed E-state index contributed by atoms with van der Waals surface area (Å²) in [5.41, 5.74) is 0.431. The van der Waals surface area contributed by atoms with Crippen LogP contribution in [0.15, 0.2) is 30.3 Å². The highest BCUT2D eigenvalue weighted by Crippen LogP contribution is 2.26. The third-order valence-corrected chi connectivity index (χ3v) is 4.30. The molecule has 0 bridgehead atoms. The van der Waals surface area contributed by atoms with E-state index >= 15 is 0 Å². The maximum atomic E-state index is 12.0. The van der Waals surface area contributed by atoms with Gasteiger partial charge in [0.05, 0.1) is 12.2 Å². The van der Waals surface area contributed by atoms with Crippen molar-refractivity contribution in [3.05, 3.63) is 35.9 Å². The van der Waals surface area contributed by atoms with Crippen molar-refractivity contribution in [1.82, 2.24) is 4.90 Å². The Morgan fingerprint density at radius 2 is 1.91 bits per heavy atom. The van der Waals surface area contributed by atoms with E-state index in [9.17, 15) is 9.90 Å². The van der Waals surface area contributed by atoms with Crippen molar-refractivity contribution < 1.29 is 14.6 Å². The van der Waals surface area contributed by atoms with E-state index in [1.807, 2.05) is 30.3 Å². The Balaban J connectivity index is 1.76. The van der Waals surface area contributed by atoms with Gasteiger partial charge in [-0.25, -0.2) is 4.79 Å². The van der Waals surface area contributed by atoms with Gasteiger partial charge < -0.3 is 14.7 Å². The maximum absolute atomic E-state index is 12.0. The molecule has 1 aliphatic rings. The van der Waals surface area contributed by atoms with E-state index in [2.05, 4.69) is 6.92 Å². The van der Waals surface area contributed by atoms with Crippen LogP contribution in [0.5, 0.6) is 0 Å². The van der Waals surface area contributed by atoms with Gasteiger partial charge in [-0.15, -0.1) is 0 Å². The van der Waals surface area contributed by atoms with Crippen molar-refractivity contribution in [1.29, 1.82) is 0 Å². The van der Waals surface area contributed by atoms with Gasteiger partial charge in [-0.1, -0.05) is 50.1 Å². The number of piperidine rings is 1. The topological polar surface area (TPSA) is 49.8 Å². The molecule has 0 aliphatic carbocycles. The average molecular weight is 305 g/mol. The van der Waals surface area contributed by atoms with Crippen LogP contribution >= 0.6 is 0 Å². The normalized spacial score (nSPS) is 17.3. The molecule has 122 valence electrons. The molecule has 0 spiro atoms. The lowest BCUT2D eigenvalue weighted by atomic mass is 9.85. The number of benzene rings is 1. The van der Waals surface area contributed by atoms with Crippen LogP contribution in [0.3, 0.4) is 0 Å². The molecule has 1 aliphatic heterocycles. The second-order valence-corrected chi connectivity index (χ2v) is 6.20. The summed E-state index contributed by atoms with van der Waals surface area (Å²) in [5, 5.41) is 10.7. The Morgan fingerprint density at radius 1 is 1.23 bits per heavy atom. The fraction of sp³-hybridized carbons (Fsp3) is 0.611. The van der Waals surface area contributed by atoms with Gasteiger partial charge in [-0.2, -0.15) is 0 Å². The number of ether oxygens (including phenoxy) is 1. The first kappa shape index (κ1) is 16.8. The molecule has 0 atom stereocenters. The highest BCUT2D eigenvalue weighted by molar-refractivity contribution is 5.67. The van der Waals surface area contributed by atoms with Crippen molar-refractivity contribution in [2.75, 3.05) is 19.7 Å². The number of rotatable bonds is 6. The molecule has 22 heavy (non-hydrogen) atoms. The molecule has 0 saturated carbocycles. The lowest BCUT2D eigenvalue weighted by molar-refractivity contribution is -0.0199. The van der Waals surface area contributed by atoms with Gasteiger partial charge in [0.1, 0.15) is 0 Å². The Bertz CT molecular complexity index is 453. The molecule has 4 nitrogen and oxygen atoms in total. The first-order chi connectivity index (χ1) is 10.6. The van der Waals surface area contributed by atoms with Crippen LogP contribution < -0.4 is 0 Å². The van der Waals surface area contributed by atoms with Gasteiger partial charge >= 0.3 is 6.09 Å². The minimum absolute atomic E-state index is 0.238. The molecule has 1 amide bonds. The van der Waals surface area contributed by atoms with Crippen LogP contribution in [-0.2, 0) is 11.2 Å². The first-order valence-electron chi connectivity index (χ1n) is 8.31. The van der Waals surface area contributed by atoms with E-state index in [0.29, 0.717) is 39.0 Å². The summed E-state index contributed by atoms with van der Waals surface area (Å²) in [4.78, 5) is 13.7. The molecule has 1 aromatic carbocycles. The minimum Gasteiger partial charge on any atom is -0.449 e.